The smallest absolute Gasteiger partial charge is 0.0935 e. The second kappa shape index (κ2) is 5.90. The van der Waals surface area contributed by atoms with E-state index in [9.17, 15) is 5.11 Å². The van der Waals surface area contributed by atoms with E-state index in [1.807, 2.05) is 6.07 Å². The number of nitrogens with two attached hydrogens (primary N) is 1. The zero-order valence-corrected chi connectivity index (χ0v) is 9.11. The summed E-state index contributed by atoms with van der Waals surface area (Å²) in [7, 11) is 1.59. The molecule has 0 aliphatic carbocycles. The van der Waals surface area contributed by atoms with Gasteiger partial charge in [-0.2, -0.15) is 0 Å². The topological polar surface area (TPSA) is 68.6 Å². The summed E-state index contributed by atoms with van der Waals surface area (Å²) in [6.45, 7) is 0.898. The van der Waals surface area contributed by atoms with Crippen molar-refractivity contribution in [2.45, 2.75) is 24.9 Å². The number of hydrogen-bond acceptors (Lipinski definition) is 4. The van der Waals surface area contributed by atoms with Gasteiger partial charge in [-0.05, 0) is 31.0 Å². The van der Waals surface area contributed by atoms with Gasteiger partial charge in [-0.15, -0.1) is 0 Å². The molecule has 0 spiro atoms. The normalized spacial score (nSPS) is 15.1. The fraction of sp³-hybridized carbons (Fsp3) is 0.636. The van der Waals surface area contributed by atoms with Crippen molar-refractivity contribution in [2.75, 3.05) is 20.3 Å². The van der Waals surface area contributed by atoms with Crippen LogP contribution < -0.4 is 5.73 Å². The zero-order chi connectivity index (χ0) is 11.1. The number of furan rings is 1. The second-order valence-corrected chi connectivity index (χ2v) is 3.86. The monoisotopic (exact) mass is 213 g/mol. The fourth-order valence-corrected chi connectivity index (χ4v) is 1.68. The Morgan fingerprint density at radius 1 is 1.60 bits per heavy atom. The van der Waals surface area contributed by atoms with Crippen LogP contribution in [0.1, 0.15) is 18.4 Å². The molecule has 86 valence electrons. The third-order valence-electron chi connectivity index (χ3n) is 2.37. The van der Waals surface area contributed by atoms with Gasteiger partial charge in [0.25, 0.3) is 0 Å². The molecular formula is C11H19NO3. The predicted octanol–water partition coefficient (Wildman–Crippen LogP) is 0.939. The van der Waals surface area contributed by atoms with Crippen LogP contribution in [0.25, 0.3) is 0 Å². The third-order valence-corrected chi connectivity index (χ3v) is 2.37. The number of ether oxygens (including phenoxy) is 1. The summed E-state index contributed by atoms with van der Waals surface area (Å²) < 4.78 is 10.00. The Kier molecular flexibility index (Phi) is 4.81. The number of hydrogen-bond donors (Lipinski definition) is 2. The first-order valence-electron chi connectivity index (χ1n) is 5.13. The molecule has 3 N–H and O–H groups in total. The van der Waals surface area contributed by atoms with Crippen molar-refractivity contribution in [3.63, 3.8) is 0 Å². The van der Waals surface area contributed by atoms with Gasteiger partial charge in [0.15, 0.2) is 0 Å². The molecule has 0 aromatic carbocycles. The number of aliphatic hydroxyl groups is 1. The van der Waals surface area contributed by atoms with Gasteiger partial charge < -0.3 is 20.0 Å². The van der Waals surface area contributed by atoms with Crippen LogP contribution in [-0.2, 0) is 11.2 Å². The van der Waals surface area contributed by atoms with Crippen LogP contribution in [0.3, 0.4) is 0 Å². The van der Waals surface area contributed by atoms with Gasteiger partial charge in [-0.1, -0.05) is 0 Å². The van der Waals surface area contributed by atoms with E-state index in [0.29, 0.717) is 26.0 Å². The molecular weight excluding hydrogens is 194 g/mol. The average molecular weight is 213 g/mol. The van der Waals surface area contributed by atoms with Crippen molar-refractivity contribution < 1.29 is 14.3 Å². The molecule has 0 bridgehead atoms. The van der Waals surface area contributed by atoms with Crippen molar-refractivity contribution in [1.29, 1.82) is 0 Å². The summed E-state index contributed by atoms with van der Waals surface area (Å²) in [6, 6.07) is 1.85. The number of rotatable bonds is 7. The Morgan fingerprint density at radius 2 is 2.40 bits per heavy atom. The molecule has 1 unspecified atom stereocenters. The lowest BCUT2D eigenvalue weighted by molar-refractivity contribution is -0.0376. The summed E-state index contributed by atoms with van der Waals surface area (Å²) in [5.41, 5.74) is 5.58. The Morgan fingerprint density at radius 3 is 2.93 bits per heavy atom. The van der Waals surface area contributed by atoms with Gasteiger partial charge in [0.2, 0.25) is 0 Å². The summed E-state index contributed by atoms with van der Waals surface area (Å²) in [5.74, 6) is 0. The molecule has 1 rings (SSSR count). The molecule has 0 saturated heterocycles. The zero-order valence-electron chi connectivity index (χ0n) is 9.11. The quantitative estimate of drug-likeness (QED) is 0.707. The van der Waals surface area contributed by atoms with Crippen LogP contribution >= 0.6 is 0 Å². The summed E-state index contributed by atoms with van der Waals surface area (Å²) in [6.07, 6.45) is 5.21. The highest BCUT2D eigenvalue weighted by molar-refractivity contribution is 5.09. The first kappa shape index (κ1) is 12.2. The maximum absolute atomic E-state index is 10.3. The lowest BCUT2D eigenvalue weighted by Crippen LogP contribution is -2.37. The summed E-state index contributed by atoms with van der Waals surface area (Å²) in [5, 5.41) is 10.3. The Balaban J connectivity index is 2.55. The SMILES string of the molecule is COCC(O)(CCCN)Cc1ccoc1. The highest BCUT2D eigenvalue weighted by atomic mass is 16.5. The molecule has 1 aromatic heterocycles. The van der Waals surface area contributed by atoms with Gasteiger partial charge in [-0.25, -0.2) is 0 Å². The molecule has 0 fully saturated rings. The molecule has 1 aromatic rings. The predicted molar refractivity (Wildman–Crippen MR) is 57.5 cm³/mol. The Bertz CT molecular complexity index is 261. The molecule has 4 nitrogen and oxygen atoms in total. The van der Waals surface area contributed by atoms with E-state index in [0.717, 1.165) is 12.0 Å². The van der Waals surface area contributed by atoms with Crippen LogP contribution in [0.2, 0.25) is 0 Å². The molecule has 0 aliphatic rings. The number of methoxy groups -OCH3 is 1. The summed E-state index contributed by atoms with van der Waals surface area (Å²) >= 11 is 0. The third kappa shape index (κ3) is 4.03. The first-order valence-corrected chi connectivity index (χ1v) is 5.13. The molecule has 4 heteroatoms. The molecule has 1 atom stereocenters. The maximum atomic E-state index is 10.3. The van der Waals surface area contributed by atoms with Crippen LogP contribution in [0, 0.1) is 0 Å². The molecule has 0 radical (unpaired) electrons. The average Bonchev–Trinajstić information content (AvgIpc) is 2.68. The van der Waals surface area contributed by atoms with E-state index in [-0.39, 0.29) is 0 Å². The fourth-order valence-electron chi connectivity index (χ4n) is 1.68. The van der Waals surface area contributed by atoms with Crippen molar-refractivity contribution in [3.8, 4) is 0 Å². The van der Waals surface area contributed by atoms with Crippen LogP contribution in [0.15, 0.2) is 23.0 Å². The van der Waals surface area contributed by atoms with Crippen molar-refractivity contribution in [3.05, 3.63) is 24.2 Å². The van der Waals surface area contributed by atoms with E-state index < -0.39 is 5.60 Å². The van der Waals surface area contributed by atoms with Crippen molar-refractivity contribution in [1.82, 2.24) is 0 Å². The largest absolute Gasteiger partial charge is 0.472 e. The minimum atomic E-state index is -0.835. The lowest BCUT2D eigenvalue weighted by Gasteiger charge is -2.26. The van der Waals surface area contributed by atoms with E-state index >= 15 is 0 Å². The van der Waals surface area contributed by atoms with Gasteiger partial charge in [0.1, 0.15) is 0 Å². The van der Waals surface area contributed by atoms with E-state index in [2.05, 4.69) is 0 Å². The van der Waals surface area contributed by atoms with Crippen molar-refractivity contribution in [2.24, 2.45) is 5.73 Å². The molecule has 0 aliphatic heterocycles. The van der Waals surface area contributed by atoms with Crippen LogP contribution in [0.4, 0.5) is 0 Å². The molecule has 1 heterocycles. The highest BCUT2D eigenvalue weighted by Crippen LogP contribution is 2.19. The minimum absolute atomic E-state index is 0.318. The van der Waals surface area contributed by atoms with Crippen LogP contribution in [0.5, 0.6) is 0 Å². The van der Waals surface area contributed by atoms with E-state index in [4.69, 9.17) is 14.9 Å². The highest BCUT2D eigenvalue weighted by Gasteiger charge is 2.27. The summed E-state index contributed by atoms with van der Waals surface area (Å²) in [4.78, 5) is 0. The minimum Gasteiger partial charge on any atom is -0.472 e. The van der Waals surface area contributed by atoms with Gasteiger partial charge in [0, 0.05) is 13.5 Å². The van der Waals surface area contributed by atoms with Gasteiger partial charge in [-0.3, -0.25) is 0 Å². The van der Waals surface area contributed by atoms with E-state index in [1.54, 1.807) is 19.6 Å². The molecule has 15 heavy (non-hydrogen) atoms. The Hall–Kier alpha value is -0.840. The molecule has 0 amide bonds. The standard InChI is InChI=1S/C11H19NO3/c1-14-9-11(13,4-2-5-12)7-10-3-6-15-8-10/h3,6,8,13H,2,4-5,7,9,12H2,1H3. The van der Waals surface area contributed by atoms with Crippen LogP contribution in [-0.4, -0.2) is 31.0 Å². The maximum Gasteiger partial charge on any atom is 0.0935 e. The second-order valence-electron chi connectivity index (χ2n) is 3.86. The van der Waals surface area contributed by atoms with E-state index in [1.165, 1.54) is 0 Å². The first-order chi connectivity index (χ1) is 7.20. The molecule has 0 saturated carbocycles. The Labute approximate surface area is 90.0 Å². The van der Waals surface area contributed by atoms with Gasteiger partial charge in [0.05, 0.1) is 24.7 Å². The van der Waals surface area contributed by atoms with Crippen molar-refractivity contribution >= 4 is 0 Å². The van der Waals surface area contributed by atoms with Gasteiger partial charge >= 0.3 is 0 Å². The lowest BCUT2D eigenvalue weighted by atomic mass is 9.92.